The molecule has 0 aliphatic rings. The molecule has 1 aromatic heterocycles. The molecule has 0 atom stereocenters. The van der Waals surface area contributed by atoms with Gasteiger partial charge in [-0.15, -0.1) is 5.10 Å². The van der Waals surface area contributed by atoms with Gasteiger partial charge in [0.05, 0.1) is 12.1 Å². The van der Waals surface area contributed by atoms with Gasteiger partial charge in [0.15, 0.2) is 10.9 Å². The molecule has 0 fully saturated rings. The van der Waals surface area contributed by atoms with Gasteiger partial charge in [0.2, 0.25) is 0 Å². The molecule has 0 radical (unpaired) electrons. The second kappa shape index (κ2) is 5.25. The molecular formula is C12H8Cl2N2O. The molecule has 0 spiro atoms. The van der Waals surface area contributed by atoms with Crippen molar-refractivity contribution in [3.05, 3.63) is 57.8 Å². The lowest BCUT2D eigenvalue weighted by molar-refractivity contribution is 0.0991. The first kappa shape index (κ1) is 12.0. The zero-order valence-corrected chi connectivity index (χ0v) is 10.2. The number of nitrogens with zero attached hydrogens (tertiary/aromatic N) is 2. The third kappa shape index (κ3) is 3.25. The van der Waals surface area contributed by atoms with Crippen LogP contribution in [0.25, 0.3) is 0 Å². The summed E-state index contributed by atoms with van der Waals surface area (Å²) in [5, 5.41) is 8.43. The van der Waals surface area contributed by atoms with E-state index in [1.54, 1.807) is 36.4 Å². The minimum absolute atomic E-state index is 0.0294. The third-order valence-corrected chi connectivity index (χ3v) is 2.65. The topological polar surface area (TPSA) is 42.9 Å². The van der Waals surface area contributed by atoms with Crippen LogP contribution in [0.4, 0.5) is 0 Å². The lowest BCUT2D eigenvalue weighted by atomic mass is 10.1. The van der Waals surface area contributed by atoms with E-state index in [4.69, 9.17) is 23.2 Å². The van der Waals surface area contributed by atoms with Crippen LogP contribution in [0, 0.1) is 0 Å². The fourth-order valence-corrected chi connectivity index (χ4v) is 1.57. The van der Waals surface area contributed by atoms with Crippen LogP contribution < -0.4 is 0 Å². The molecule has 1 aromatic carbocycles. The predicted octanol–water partition coefficient (Wildman–Crippen LogP) is 3.21. The summed E-state index contributed by atoms with van der Waals surface area (Å²) in [6, 6.07) is 10.0. The number of carbonyl (C=O) groups is 1. The predicted molar refractivity (Wildman–Crippen MR) is 66.5 cm³/mol. The van der Waals surface area contributed by atoms with Crippen LogP contribution in [0.3, 0.4) is 0 Å². The van der Waals surface area contributed by atoms with E-state index in [1.165, 1.54) is 0 Å². The standard InChI is InChI=1S/C12H8Cl2N2O/c13-9-3-1-8(2-4-9)11(17)7-10-5-6-12(14)16-15-10/h1-6H,7H2. The van der Waals surface area contributed by atoms with Crippen LogP contribution in [0.2, 0.25) is 10.2 Å². The van der Waals surface area contributed by atoms with Crippen LogP contribution in [-0.2, 0) is 6.42 Å². The normalized spacial score (nSPS) is 10.2. The van der Waals surface area contributed by atoms with Gasteiger partial charge in [0.1, 0.15) is 0 Å². The average molecular weight is 267 g/mol. The highest BCUT2D eigenvalue weighted by molar-refractivity contribution is 6.30. The maximum absolute atomic E-state index is 11.9. The van der Waals surface area contributed by atoms with E-state index >= 15 is 0 Å². The van der Waals surface area contributed by atoms with E-state index < -0.39 is 0 Å². The summed E-state index contributed by atoms with van der Waals surface area (Å²) in [6.45, 7) is 0. The maximum Gasteiger partial charge on any atom is 0.168 e. The van der Waals surface area contributed by atoms with Gasteiger partial charge in [-0.2, -0.15) is 5.10 Å². The number of hydrogen-bond acceptors (Lipinski definition) is 3. The molecule has 1 heterocycles. The van der Waals surface area contributed by atoms with Gasteiger partial charge < -0.3 is 0 Å². The quantitative estimate of drug-likeness (QED) is 0.802. The van der Waals surface area contributed by atoms with Crippen molar-refractivity contribution in [3.63, 3.8) is 0 Å². The van der Waals surface area contributed by atoms with Gasteiger partial charge in [-0.1, -0.05) is 23.2 Å². The lowest BCUT2D eigenvalue weighted by Crippen LogP contribution is -2.05. The minimum atomic E-state index is -0.0294. The molecule has 5 heteroatoms. The van der Waals surface area contributed by atoms with E-state index in [2.05, 4.69) is 10.2 Å². The molecule has 0 saturated heterocycles. The zero-order valence-electron chi connectivity index (χ0n) is 8.73. The van der Waals surface area contributed by atoms with Crippen molar-refractivity contribution in [2.45, 2.75) is 6.42 Å². The van der Waals surface area contributed by atoms with Crippen LogP contribution in [-0.4, -0.2) is 16.0 Å². The Balaban J connectivity index is 2.11. The molecule has 3 nitrogen and oxygen atoms in total. The van der Waals surface area contributed by atoms with Crippen molar-refractivity contribution in [2.75, 3.05) is 0 Å². The molecule has 0 amide bonds. The molecule has 0 aliphatic carbocycles. The fraction of sp³-hybridized carbons (Fsp3) is 0.0833. The second-order valence-electron chi connectivity index (χ2n) is 3.45. The van der Waals surface area contributed by atoms with Crippen LogP contribution >= 0.6 is 23.2 Å². The van der Waals surface area contributed by atoms with Crippen molar-refractivity contribution in [1.29, 1.82) is 0 Å². The number of benzene rings is 1. The first-order valence-corrected chi connectivity index (χ1v) is 5.67. The highest BCUT2D eigenvalue weighted by Gasteiger charge is 2.08. The van der Waals surface area contributed by atoms with Crippen molar-refractivity contribution < 1.29 is 4.79 Å². The van der Waals surface area contributed by atoms with Gasteiger partial charge in [-0.25, -0.2) is 0 Å². The zero-order chi connectivity index (χ0) is 12.3. The summed E-state index contributed by atoms with van der Waals surface area (Å²) in [4.78, 5) is 11.9. The number of ketones is 1. The summed E-state index contributed by atoms with van der Waals surface area (Å²) in [6.07, 6.45) is 0.200. The Kier molecular flexibility index (Phi) is 3.71. The summed E-state index contributed by atoms with van der Waals surface area (Å²) in [5.74, 6) is -0.0294. The molecule has 2 aromatic rings. The Morgan fingerprint density at radius 3 is 2.29 bits per heavy atom. The van der Waals surface area contributed by atoms with Gasteiger partial charge in [0.25, 0.3) is 0 Å². The molecule has 17 heavy (non-hydrogen) atoms. The fourth-order valence-electron chi connectivity index (χ4n) is 1.34. The first-order chi connectivity index (χ1) is 8.15. The molecular weight excluding hydrogens is 259 g/mol. The van der Waals surface area contributed by atoms with E-state index in [0.717, 1.165) is 0 Å². The van der Waals surface area contributed by atoms with E-state index in [0.29, 0.717) is 21.4 Å². The number of hydrogen-bond donors (Lipinski definition) is 0. The van der Waals surface area contributed by atoms with Gasteiger partial charge in [-0.3, -0.25) is 4.79 Å². The molecule has 0 aliphatic heterocycles. The summed E-state index contributed by atoms with van der Waals surface area (Å²) >= 11 is 11.4. The van der Waals surface area contributed by atoms with Crippen molar-refractivity contribution >= 4 is 29.0 Å². The first-order valence-electron chi connectivity index (χ1n) is 4.92. The van der Waals surface area contributed by atoms with Crippen molar-refractivity contribution in [1.82, 2.24) is 10.2 Å². The average Bonchev–Trinajstić information content (AvgIpc) is 2.33. The van der Waals surface area contributed by atoms with Gasteiger partial charge in [0, 0.05) is 10.6 Å². The highest BCUT2D eigenvalue weighted by atomic mass is 35.5. The van der Waals surface area contributed by atoms with Crippen LogP contribution in [0.5, 0.6) is 0 Å². The van der Waals surface area contributed by atoms with E-state index in [9.17, 15) is 4.79 Å². The lowest BCUT2D eigenvalue weighted by Gasteiger charge is -2.00. The van der Waals surface area contributed by atoms with E-state index in [1.807, 2.05) is 0 Å². The Morgan fingerprint density at radius 2 is 1.71 bits per heavy atom. The summed E-state index contributed by atoms with van der Waals surface area (Å²) in [5.41, 5.74) is 1.19. The second-order valence-corrected chi connectivity index (χ2v) is 4.28. The molecule has 86 valence electrons. The summed E-state index contributed by atoms with van der Waals surface area (Å²) < 4.78 is 0. The smallest absolute Gasteiger partial charge is 0.168 e. The van der Waals surface area contributed by atoms with E-state index in [-0.39, 0.29) is 12.2 Å². The molecule has 0 N–H and O–H groups in total. The number of rotatable bonds is 3. The third-order valence-electron chi connectivity index (χ3n) is 2.20. The summed E-state index contributed by atoms with van der Waals surface area (Å²) in [7, 11) is 0. The monoisotopic (exact) mass is 266 g/mol. The maximum atomic E-state index is 11.9. The molecule has 0 saturated carbocycles. The Morgan fingerprint density at radius 1 is 1.00 bits per heavy atom. The Labute approximate surface area is 108 Å². The number of carbonyl (C=O) groups excluding carboxylic acids is 1. The number of halogens is 2. The van der Waals surface area contributed by atoms with Gasteiger partial charge in [-0.05, 0) is 36.4 Å². The Hall–Kier alpha value is -1.45. The Bertz CT molecular complexity index is 523. The van der Waals surface area contributed by atoms with Gasteiger partial charge >= 0.3 is 0 Å². The molecule has 0 bridgehead atoms. The number of Topliss-reactive ketones (excluding diaryl/α,β-unsaturated/α-hetero) is 1. The van der Waals surface area contributed by atoms with Crippen LogP contribution in [0.1, 0.15) is 16.1 Å². The van der Waals surface area contributed by atoms with Crippen LogP contribution in [0.15, 0.2) is 36.4 Å². The highest BCUT2D eigenvalue weighted by Crippen LogP contribution is 2.12. The van der Waals surface area contributed by atoms with Crippen molar-refractivity contribution in [3.8, 4) is 0 Å². The largest absolute Gasteiger partial charge is 0.294 e. The molecule has 2 rings (SSSR count). The SMILES string of the molecule is O=C(Cc1ccc(Cl)nn1)c1ccc(Cl)cc1. The number of aromatic nitrogens is 2. The molecule has 0 unspecified atom stereocenters. The minimum Gasteiger partial charge on any atom is -0.294 e. The van der Waals surface area contributed by atoms with Crippen molar-refractivity contribution in [2.24, 2.45) is 0 Å².